The van der Waals surface area contributed by atoms with Gasteiger partial charge in [-0.05, 0) is 35.7 Å². The zero-order valence-electron chi connectivity index (χ0n) is 10.2. The maximum Gasteiger partial charge on any atom is 0.250 e. The van der Waals surface area contributed by atoms with Gasteiger partial charge >= 0.3 is 0 Å². The lowest BCUT2D eigenvalue weighted by Gasteiger charge is -2.08. The number of hydrogen-bond donors (Lipinski definition) is 0. The van der Waals surface area contributed by atoms with Gasteiger partial charge in [-0.2, -0.15) is 0 Å². The summed E-state index contributed by atoms with van der Waals surface area (Å²) in [6, 6.07) is 9.48. The van der Waals surface area contributed by atoms with E-state index in [1.165, 1.54) is 0 Å². The van der Waals surface area contributed by atoms with Crippen molar-refractivity contribution in [1.29, 1.82) is 0 Å². The summed E-state index contributed by atoms with van der Waals surface area (Å²) in [6.07, 6.45) is 1.77. The van der Waals surface area contributed by atoms with Crippen molar-refractivity contribution in [1.82, 2.24) is 4.57 Å². The van der Waals surface area contributed by atoms with E-state index in [1.54, 1.807) is 31.0 Å². The molecule has 0 atom stereocenters. The van der Waals surface area contributed by atoms with Crippen LogP contribution in [0.25, 0.3) is 11.1 Å². The number of pyridine rings is 1. The quantitative estimate of drug-likeness (QED) is 0.791. The number of ether oxygens (including phenoxy) is 1. The van der Waals surface area contributed by atoms with E-state index in [4.69, 9.17) is 4.74 Å². The summed E-state index contributed by atoms with van der Waals surface area (Å²) in [6.45, 7) is 1.99. The van der Waals surface area contributed by atoms with Gasteiger partial charge in [-0.3, -0.25) is 4.79 Å². The SMILES string of the molecule is COc1cc(-c2ccn(C)c(=O)c2)ccc1C. The molecule has 0 bridgehead atoms. The fourth-order valence-corrected chi connectivity index (χ4v) is 1.73. The Hall–Kier alpha value is -2.03. The van der Waals surface area contributed by atoms with Crippen molar-refractivity contribution in [3.05, 3.63) is 52.4 Å². The summed E-state index contributed by atoms with van der Waals surface area (Å²) >= 11 is 0. The molecule has 0 spiro atoms. The van der Waals surface area contributed by atoms with Crippen molar-refractivity contribution in [2.75, 3.05) is 7.11 Å². The first-order valence-corrected chi connectivity index (χ1v) is 5.43. The molecular weight excluding hydrogens is 214 g/mol. The standard InChI is InChI=1S/C14H15NO2/c1-10-4-5-11(8-13(10)17-3)12-6-7-15(2)14(16)9-12/h4-9H,1-3H3. The molecule has 0 amide bonds. The van der Waals surface area contributed by atoms with Crippen LogP contribution < -0.4 is 10.3 Å². The molecule has 2 aromatic rings. The first-order chi connectivity index (χ1) is 8.11. The third-order valence-electron chi connectivity index (χ3n) is 2.85. The third kappa shape index (κ3) is 2.23. The van der Waals surface area contributed by atoms with Gasteiger partial charge in [0.05, 0.1) is 7.11 Å². The molecule has 17 heavy (non-hydrogen) atoms. The van der Waals surface area contributed by atoms with Crippen LogP contribution in [0.5, 0.6) is 5.75 Å². The van der Waals surface area contributed by atoms with Gasteiger partial charge in [-0.25, -0.2) is 0 Å². The highest BCUT2D eigenvalue weighted by atomic mass is 16.5. The van der Waals surface area contributed by atoms with Crippen molar-refractivity contribution in [3.63, 3.8) is 0 Å². The number of methoxy groups -OCH3 is 1. The van der Waals surface area contributed by atoms with E-state index in [0.29, 0.717) is 0 Å². The van der Waals surface area contributed by atoms with Crippen LogP contribution in [0.1, 0.15) is 5.56 Å². The van der Waals surface area contributed by atoms with Gasteiger partial charge in [0.15, 0.2) is 0 Å². The summed E-state index contributed by atoms with van der Waals surface area (Å²) < 4.78 is 6.83. The van der Waals surface area contributed by atoms with Crippen LogP contribution in [0, 0.1) is 6.92 Å². The number of benzene rings is 1. The van der Waals surface area contributed by atoms with E-state index in [9.17, 15) is 4.79 Å². The van der Waals surface area contributed by atoms with Gasteiger partial charge in [0, 0.05) is 19.3 Å². The Labute approximate surface area is 100 Å². The lowest BCUT2D eigenvalue weighted by molar-refractivity contribution is 0.412. The van der Waals surface area contributed by atoms with E-state index in [1.807, 2.05) is 31.2 Å². The molecular formula is C14H15NO2. The molecule has 3 nitrogen and oxygen atoms in total. The normalized spacial score (nSPS) is 10.3. The number of aryl methyl sites for hydroxylation is 2. The minimum Gasteiger partial charge on any atom is -0.496 e. The van der Waals surface area contributed by atoms with Crippen molar-refractivity contribution in [3.8, 4) is 16.9 Å². The summed E-state index contributed by atoms with van der Waals surface area (Å²) in [5.74, 6) is 0.836. The summed E-state index contributed by atoms with van der Waals surface area (Å²) in [7, 11) is 3.39. The highest BCUT2D eigenvalue weighted by molar-refractivity contribution is 5.65. The average molecular weight is 229 g/mol. The molecule has 0 aliphatic heterocycles. The molecule has 0 saturated heterocycles. The van der Waals surface area contributed by atoms with E-state index in [2.05, 4.69) is 0 Å². The molecule has 1 aromatic heterocycles. The first-order valence-electron chi connectivity index (χ1n) is 5.43. The van der Waals surface area contributed by atoms with Crippen molar-refractivity contribution in [2.45, 2.75) is 6.92 Å². The van der Waals surface area contributed by atoms with Crippen LogP contribution in [0.2, 0.25) is 0 Å². The van der Waals surface area contributed by atoms with Crippen LogP contribution in [-0.2, 0) is 7.05 Å². The van der Waals surface area contributed by atoms with E-state index in [0.717, 1.165) is 22.4 Å². The van der Waals surface area contributed by atoms with Gasteiger partial charge in [0.25, 0.3) is 5.56 Å². The molecule has 0 N–H and O–H groups in total. The lowest BCUT2D eigenvalue weighted by Crippen LogP contribution is -2.14. The Morgan fingerprint density at radius 2 is 1.82 bits per heavy atom. The monoisotopic (exact) mass is 229 g/mol. The maximum absolute atomic E-state index is 11.6. The zero-order valence-corrected chi connectivity index (χ0v) is 10.2. The molecule has 0 aliphatic rings. The molecule has 1 heterocycles. The Morgan fingerprint density at radius 1 is 1.12 bits per heavy atom. The Morgan fingerprint density at radius 3 is 2.47 bits per heavy atom. The number of nitrogens with zero attached hydrogens (tertiary/aromatic N) is 1. The van der Waals surface area contributed by atoms with Crippen molar-refractivity contribution in [2.24, 2.45) is 7.05 Å². The topological polar surface area (TPSA) is 31.2 Å². The average Bonchev–Trinajstić information content (AvgIpc) is 2.33. The van der Waals surface area contributed by atoms with E-state index >= 15 is 0 Å². The van der Waals surface area contributed by atoms with Crippen molar-refractivity contribution >= 4 is 0 Å². The predicted octanol–water partition coefficient (Wildman–Crippen LogP) is 2.37. The summed E-state index contributed by atoms with van der Waals surface area (Å²) in [5, 5.41) is 0. The fraction of sp³-hybridized carbons (Fsp3) is 0.214. The van der Waals surface area contributed by atoms with Crippen LogP contribution >= 0.6 is 0 Å². The predicted molar refractivity (Wildman–Crippen MR) is 68.4 cm³/mol. The first kappa shape index (κ1) is 11.5. The number of hydrogen-bond acceptors (Lipinski definition) is 2. The van der Waals surface area contributed by atoms with Gasteiger partial charge < -0.3 is 9.30 Å². The Kier molecular flexibility index (Phi) is 3.00. The van der Waals surface area contributed by atoms with E-state index in [-0.39, 0.29) is 5.56 Å². The fourth-order valence-electron chi connectivity index (χ4n) is 1.73. The minimum absolute atomic E-state index is 0.0120. The van der Waals surface area contributed by atoms with Gasteiger partial charge in [0.1, 0.15) is 5.75 Å². The highest BCUT2D eigenvalue weighted by Gasteiger charge is 2.03. The Bertz CT molecular complexity index is 599. The highest BCUT2D eigenvalue weighted by Crippen LogP contribution is 2.25. The van der Waals surface area contributed by atoms with Gasteiger partial charge in [0.2, 0.25) is 0 Å². The maximum atomic E-state index is 11.6. The Balaban J connectivity index is 2.53. The molecule has 1 aromatic carbocycles. The van der Waals surface area contributed by atoms with E-state index < -0.39 is 0 Å². The van der Waals surface area contributed by atoms with Gasteiger partial charge in [-0.1, -0.05) is 12.1 Å². The van der Waals surface area contributed by atoms with Crippen LogP contribution in [0.4, 0.5) is 0 Å². The summed E-state index contributed by atoms with van der Waals surface area (Å²) in [4.78, 5) is 11.6. The zero-order chi connectivity index (χ0) is 12.4. The van der Waals surface area contributed by atoms with Crippen LogP contribution in [-0.4, -0.2) is 11.7 Å². The third-order valence-corrected chi connectivity index (χ3v) is 2.85. The smallest absolute Gasteiger partial charge is 0.250 e. The number of aromatic nitrogens is 1. The lowest BCUT2D eigenvalue weighted by atomic mass is 10.0. The molecule has 2 rings (SSSR count). The second kappa shape index (κ2) is 4.45. The molecule has 0 unspecified atom stereocenters. The molecule has 0 saturated carbocycles. The summed E-state index contributed by atoms with van der Waals surface area (Å²) in [5.41, 5.74) is 2.97. The van der Waals surface area contributed by atoms with Crippen LogP contribution in [0.15, 0.2) is 41.3 Å². The minimum atomic E-state index is -0.0120. The second-order valence-corrected chi connectivity index (χ2v) is 4.05. The number of rotatable bonds is 2. The molecule has 88 valence electrons. The molecule has 0 radical (unpaired) electrons. The van der Waals surface area contributed by atoms with Crippen molar-refractivity contribution < 1.29 is 4.74 Å². The largest absolute Gasteiger partial charge is 0.496 e. The molecule has 0 aliphatic carbocycles. The van der Waals surface area contributed by atoms with Crippen LogP contribution in [0.3, 0.4) is 0 Å². The molecule has 3 heteroatoms. The van der Waals surface area contributed by atoms with Gasteiger partial charge in [-0.15, -0.1) is 0 Å². The molecule has 0 fully saturated rings. The second-order valence-electron chi connectivity index (χ2n) is 4.05.